The molecule has 0 aliphatic heterocycles. The van der Waals surface area contributed by atoms with E-state index in [1.54, 1.807) is 32.3 Å². The number of hydrogen-bond donors (Lipinski definition) is 2. The number of carbonyl (C=O) groups excluding carboxylic acids is 1. The second kappa shape index (κ2) is 6.13. The van der Waals surface area contributed by atoms with Gasteiger partial charge in [0.25, 0.3) is 5.91 Å². The summed E-state index contributed by atoms with van der Waals surface area (Å²) < 4.78 is 5.15. The second-order valence-electron chi connectivity index (χ2n) is 4.74. The van der Waals surface area contributed by atoms with Gasteiger partial charge in [0.2, 0.25) is 0 Å². The molecule has 2 rings (SSSR count). The number of benzene rings is 1. The third-order valence-electron chi connectivity index (χ3n) is 2.88. The summed E-state index contributed by atoms with van der Waals surface area (Å²) in [5.41, 5.74) is 1.45. The van der Waals surface area contributed by atoms with Crippen LogP contribution in [0.3, 0.4) is 0 Å². The van der Waals surface area contributed by atoms with Crippen LogP contribution in [-0.2, 0) is 6.54 Å². The van der Waals surface area contributed by atoms with Crippen molar-refractivity contribution in [1.29, 1.82) is 0 Å². The number of hydrogen-bond acceptors (Lipinski definition) is 4. The number of aromatic carboxylic acids is 1. The summed E-state index contributed by atoms with van der Waals surface area (Å²) in [5.74, 6) is -0.592. The molecule has 0 bridgehead atoms. The minimum absolute atomic E-state index is 0.0789. The van der Waals surface area contributed by atoms with Crippen molar-refractivity contribution in [3.8, 4) is 0 Å². The third kappa shape index (κ3) is 3.62. The van der Waals surface area contributed by atoms with E-state index in [1.807, 2.05) is 6.07 Å². The molecule has 21 heavy (non-hydrogen) atoms. The van der Waals surface area contributed by atoms with E-state index in [9.17, 15) is 9.59 Å². The quantitative estimate of drug-likeness (QED) is 0.882. The Hall–Kier alpha value is -2.76. The van der Waals surface area contributed by atoms with Crippen LogP contribution in [0.1, 0.15) is 26.5 Å². The minimum atomic E-state index is -1.02. The van der Waals surface area contributed by atoms with Gasteiger partial charge in [-0.15, -0.1) is 0 Å². The minimum Gasteiger partial charge on any atom is -0.478 e. The molecule has 0 spiro atoms. The number of furan rings is 1. The fraction of sp³-hybridized carbons (Fsp3) is 0.200. The van der Waals surface area contributed by atoms with Crippen molar-refractivity contribution >= 4 is 17.6 Å². The van der Waals surface area contributed by atoms with Gasteiger partial charge in [0.1, 0.15) is 12.0 Å². The maximum absolute atomic E-state index is 11.9. The zero-order valence-electron chi connectivity index (χ0n) is 11.8. The number of rotatable bonds is 5. The van der Waals surface area contributed by atoms with Crippen LogP contribution in [0.15, 0.2) is 41.0 Å². The average molecular weight is 288 g/mol. The lowest BCUT2D eigenvalue weighted by atomic mass is 10.2. The molecular weight excluding hydrogens is 272 g/mol. The van der Waals surface area contributed by atoms with E-state index in [2.05, 4.69) is 5.32 Å². The number of nitrogens with zero attached hydrogens (tertiary/aromatic N) is 1. The third-order valence-corrected chi connectivity index (χ3v) is 2.88. The van der Waals surface area contributed by atoms with Gasteiger partial charge in [-0.3, -0.25) is 4.79 Å². The molecule has 0 saturated carbocycles. The first-order chi connectivity index (χ1) is 9.97. The SMILES string of the molecule is CN(C)C(=O)c1cccc(NCc2cc(C(=O)O)co2)c1. The van der Waals surface area contributed by atoms with Crippen molar-refractivity contribution in [2.24, 2.45) is 0 Å². The van der Waals surface area contributed by atoms with Crippen LogP contribution in [0.5, 0.6) is 0 Å². The number of carboxylic acid groups (broad SMARTS) is 1. The zero-order chi connectivity index (χ0) is 15.4. The van der Waals surface area contributed by atoms with Crippen LogP contribution in [0.25, 0.3) is 0 Å². The van der Waals surface area contributed by atoms with Gasteiger partial charge in [-0.05, 0) is 24.3 Å². The molecule has 0 aliphatic rings. The Labute approximate surface area is 122 Å². The lowest BCUT2D eigenvalue weighted by Crippen LogP contribution is -2.21. The fourth-order valence-electron chi connectivity index (χ4n) is 1.80. The van der Waals surface area contributed by atoms with Gasteiger partial charge in [0.05, 0.1) is 12.1 Å². The summed E-state index contributed by atoms with van der Waals surface area (Å²) in [6.45, 7) is 0.340. The van der Waals surface area contributed by atoms with E-state index in [1.165, 1.54) is 17.2 Å². The van der Waals surface area contributed by atoms with Crippen LogP contribution >= 0.6 is 0 Å². The van der Waals surface area contributed by atoms with Crippen LogP contribution in [0.2, 0.25) is 0 Å². The molecule has 1 aromatic carbocycles. The Morgan fingerprint density at radius 3 is 2.62 bits per heavy atom. The van der Waals surface area contributed by atoms with Gasteiger partial charge in [-0.25, -0.2) is 4.79 Å². The van der Waals surface area contributed by atoms with Crippen LogP contribution in [-0.4, -0.2) is 36.0 Å². The van der Waals surface area contributed by atoms with Crippen LogP contribution < -0.4 is 5.32 Å². The van der Waals surface area contributed by atoms with Gasteiger partial charge >= 0.3 is 5.97 Å². The van der Waals surface area contributed by atoms with E-state index in [4.69, 9.17) is 9.52 Å². The fourth-order valence-corrected chi connectivity index (χ4v) is 1.80. The smallest absolute Gasteiger partial charge is 0.338 e. The first kappa shape index (κ1) is 14.6. The molecule has 2 N–H and O–H groups in total. The summed E-state index contributed by atoms with van der Waals surface area (Å²) in [4.78, 5) is 24.1. The largest absolute Gasteiger partial charge is 0.478 e. The topological polar surface area (TPSA) is 82.8 Å². The van der Waals surface area contributed by atoms with E-state index >= 15 is 0 Å². The molecule has 1 amide bonds. The van der Waals surface area contributed by atoms with Crippen molar-refractivity contribution in [1.82, 2.24) is 4.90 Å². The van der Waals surface area contributed by atoms with Gasteiger partial charge in [-0.1, -0.05) is 6.07 Å². The van der Waals surface area contributed by atoms with Crippen molar-refractivity contribution in [3.05, 3.63) is 53.5 Å². The zero-order valence-corrected chi connectivity index (χ0v) is 11.8. The number of carboxylic acids is 1. The lowest BCUT2D eigenvalue weighted by Gasteiger charge is -2.11. The summed E-state index contributed by atoms with van der Waals surface area (Å²) in [5, 5.41) is 11.9. The molecule has 0 fully saturated rings. The molecule has 0 atom stereocenters. The lowest BCUT2D eigenvalue weighted by molar-refractivity contribution is 0.0695. The first-order valence-corrected chi connectivity index (χ1v) is 6.33. The van der Waals surface area contributed by atoms with E-state index in [-0.39, 0.29) is 11.5 Å². The molecule has 1 heterocycles. The molecule has 6 heteroatoms. The highest BCUT2D eigenvalue weighted by Crippen LogP contribution is 2.14. The highest BCUT2D eigenvalue weighted by Gasteiger charge is 2.10. The van der Waals surface area contributed by atoms with E-state index < -0.39 is 5.97 Å². The summed E-state index contributed by atoms with van der Waals surface area (Å²) >= 11 is 0. The number of nitrogens with one attached hydrogen (secondary N) is 1. The molecule has 0 saturated heterocycles. The van der Waals surface area contributed by atoms with Gasteiger partial charge in [-0.2, -0.15) is 0 Å². The van der Waals surface area contributed by atoms with E-state index in [0.29, 0.717) is 17.9 Å². The number of amides is 1. The molecule has 0 aliphatic carbocycles. The van der Waals surface area contributed by atoms with Crippen molar-refractivity contribution in [2.45, 2.75) is 6.54 Å². The summed E-state index contributed by atoms with van der Waals surface area (Å²) in [7, 11) is 3.39. The molecule has 0 unspecified atom stereocenters. The Kier molecular flexibility index (Phi) is 4.27. The predicted octanol–water partition coefficient (Wildman–Crippen LogP) is 2.29. The second-order valence-corrected chi connectivity index (χ2v) is 4.74. The highest BCUT2D eigenvalue weighted by atomic mass is 16.4. The Balaban J connectivity index is 2.04. The molecule has 0 radical (unpaired) electrons. The van der Waals surface area contributed by atoms with Crippen molar-refractivity contribution in [3.63, 3.8) is 0 Å². The standard InChI is InChI=1S/C15H16N2O4/c1-17(2)14(18)10-4-3-5-12(6-10)16-8-13-7-11(9-21-13)15(19)20/h3-7,9,16H,8H2,1-2H3,(H,19,20). The summed E-state index contributed by atoms with van der Waals surface area (Å²) in [6, 6.07) is 8.55. The van der Waals surface area contributed by atoms with Crippen LogP contribution in [0.4, 0.5) is 5.69 Å². The van der Waals surface area contributed by atoms with Crippen LogP contribution in [0, 0.1) is 0 Å². The monoisotopic (exact) mass is 288 g/mol. The van der Waals surface area contributed by atoms with E-state index in [0.717, 1.165) is 5.69 Å². The van der Waals surface area contributed by atoms with Crippen molar-refractivity contribution < 1.29 is 19.1 Å². The molecule has 1 aromatic heterocycles. The first-order valence-electron chi connectivity index (χ1n) is 6.33. The number of carbonyl (C=O) groups is 2. The Morgan fingerprint density at radius 2 is 2.00 bits per heavy atom. The van der Waals surface area contributed by atoms with Gasteiger partial charge in [0.15, 0.2) is 0 Å². The molecule has 2 aromatic rings. The maximum atomic E-state index is 11.9. The van der Waals surface area contributed by atoms with Gasteiger partial charge in [0, 0.05) is 25.3 Å². The highest BCUT2D eigenvalue weighted by molar-refractivity contribution is 5.94. The molecule has 110 valence electrons. The summed E-state index contributed by atoms with van der Waals surface area (Å²) in [6.07, 6.45) is 1.20. The molecular formula is C15H16N2O4. The normalized spacial score (nSPS) is 10.2. The number of anilines is 1. The van der Waals surface area contributed by atoms with Crippen molar-refractivity contribution in [2.75, 3.05) is 19.4 Å². The maximum Gasteiger partial charge on any atom is 0.338 e. The Morgan fingerprint density at radius 1 is 1.24 bits per heavy atom. The van der Waals surface area contributed by atoms with Gasteiger partial charge < -0.3 is 19.7 Å². The average Bonchev–Trinajstić information content (AvgIpc) is 2.93. The molecule has 6 nitrogen and oxygen atoms in total. The predicted molar refractivity (Wildman–Crippen MR) is 77.5 cm³/mol. The Bertz CT molecular complexity index is 661.